The first-order valence-electron chi connectivity index (χ1n) is 4.05. The van der Waals surface area contributed by atoms with Gasteiger partial charge in [-0.05, 0) is 12.8 Å². The Labute approximate surface area is 72.0 Å². The van der Waals surface area contributed by atoms with Crippen LogP contribution in [-0.4, -0.2) is 32.3 Å². The summed E-state index contributed by atoms with van der Waals surface area (Å²) in [5, 5.41) is 0. The summed E-state index contributed by atoms with van der Waals surface area (Å²) in [5.41, 5.74) is 5.74. The quantitative estimate of drug-likeness (QED) is 0.593. The Morgan fingerprint density at radius 1 is 1.42 bits per heavy atom. The number of carbonyl (C=O) groups excluding carboxylic acids is 1. The zero-order valence-corrected chi connectivity index (χ0v) is 7.45. The number of hydrogen-bond acceptors (Lipinski definition) is 4. The van der Waals surface area contributed by atoms with Crippen LogP contribution in [0, 0.1) is 5.92 Å². The van der Waals surface area contributed by atoms with Crippen LogP contribution in [0.5, 0.6) is 0 Å². The minimum Gasteiger partial charge on any atom is -0.469 e. The molecule has 4 nitrogen and oxygen atoms in total. The second kappa shape index (κ2) is 3.87. The summed E-state index contributed by atoms with van der Waals surface area (Å²) < 4.78 is 9.74. The van der Waals surface area contributed by atoms with Crippen molar-refractivity contribution in [2.24, 2.45) is 11.7 Å². The lowest BCUT2D eigenvalue weighted by Crippen LogP contribution is -2.30. The van der Waals surface area contributed by atoms with Gasteiger partial charge in [-0.15, -0.1) is 0 Å². The molecule has 0 aromatic rings. The van der Waals surface area contributed by atoms with Gasteiger partial charge in [0.2, 0.25) is 0 Å². The molecule has 0 spiro atoms. The molecule has 1 saturated carbocycles. The monoisotopic (exact) mass is 173 g/mol. The van der Waals surface area contributed by atoms with Gasteiger partial charge in [0, 0.05) is 13.2 Å². The van der Waals surface area contributed by atoms with Gasteiger partial charge in [0.25, 0.3) is 0 Å². The first-order chi connectivity index (χ1) is 5.69. The van der Waals surface area contributed by atoms with Gasteiger partial charge in [-0.3, -0.25) is 4.79 Å². The maximum Gasteiger partial charge on any atom is 0.308 e. The molecule has 0 heterocycles. The molecule has 4 heteroatoms. The molecule has 1 rings (SSSR count). The van der Waals surface area contributed by atoms with Crippen molar-refractivity contribution >= 4 is 5.97 Å². The molecule has 0 bridgehead atoms. The second-order valence-electron chi connectivity index (χ2n) is 3.13. The Hall–Kier alpha value is -0.610. The normalized spacial score (nSPS) is 35.1. The third-order valence-corrected chi connectivity index (χ3v) is 2.39. The molecule has 1 aliphatic carbocycles. The number of esters is 1. The fourth-order valence-electron chi connectivity index (χ4n) is 1.66. The summed E-state index contributed by atoms with van der Waals surface area (Å²) >= 11 is 0. The van der Waals surface area contributed by atoms with Crippen LogP contribution in [0.25, 0.3) is 0 Å². The smallest absolute Gasteiger partial charge is 0.308 e. The molecular weight excluding hydrogens is 158 g/mol. The summed E-state index contributed by atoms with van der Waals surface area (Å²) in [5.74, 6) is -0.250. The molecule has 0 aliphatic heterocycles. The zero-order valence-electron chi connectivity index (χ0n) is 7.45. The average Bonchev–Trinajstić information content (AvgIpc) is 2.45. The van der Waals surface area contributed by atoms with Crippen molar-refractivity contribution in [3.8, 4) is 0 Å². The van der Waals surface area contributed by atoms with E-state index in [1.807, 2.05) is 0 Å². The molecule has 12 heavy (non-hydrogen) atoms. The number of nitrogens with two attached hydrogens (primary N) is 1. The van der Waals surface area contributed by atoms with E-state index in [0.29, 0.717) is 12.8 Å². The van der Waals surface area contributed by atoms with Crippen molar-refractivity contribution in [2.75, 3.05) is 14.2 Å². The van der Waals surface area contributed by atoms with E-state index in [1.165, 1.54) is 7.11 Å². The first kappa shape index (κ1) is 9.48. The Kier molecular flexibility index (Phi) is 3.05. The van der Waals surface area contributed by atoms with Gasteiger partial charge < -0.3 is 15.2 Å². The van der Waals surface area contributed by atoms with Gasteiger partial charge in [0.1, 0.15) is 0 Å². The Morgan fingerprint density at radius 2 is 2.08 bits per heavy atom. The molecule has 0 radical (unpaired) electrons. The van der Waals surface area contributed by atoms with Gasteiger partial charge >= 0.3 is 5.97 Å². The summed E-state index contributed by atoms with van der Waals surface area (Å²) in [6, 6.07) is -0.0286. The lowest BCUT2D eigenvalue weighted by molar-refractivity contribution is -0.145. The molecule has 1 unspecified atom stereocenters. The fraction of sp³-hybridized carbons (Fsp3) is 0.875. The highest BCUT2D eigenvalue weighted by molar-refractivity contribution is 5.72. The molecule has 70 valence electrons. The summed E-state index contributed by atoms with van der Waals surface area (Å²) in [6.07, 6.45) is 1.37. The third-order valence-electron chi connectivity index (χ3n) is 2.39. The predicted molar refractivity (Wildman–Crippen MR) is 43.5 cm³/mol. The molecule has 0 aromatic carbocycles. The molecule has 3 atom stereocenters. The van der Waals surface area contributed by atoms with Crippen LogP contribution in [-0.2, 0) is 14.3 Å². The molecule has 0 aromatic heterocycles. The topological polar surface area (TPSA) is 61.5 Å². The lowest BCUT2D eigenvalue weighted by atomic mass is 10.1. The molecule has 2 N–H and O–H groups in total. The van der Waals surface area contributed by atoms with Gasteiger partial charge in [0.15, 0.2) is 0 Å². The van der Waals surface area contributed by atoms with Gasteiger partial charge in [0.05, 0.1) is 19.1 Å². The van der Waals surface area contributed by atoms with E-state index in [1.54, 1.807) is 7.11 Å². The number of rotatable bonds is 2. The van der Waals surface area contributed by atoms with Crippen LogP contribution in [0.15, 0.2) is 0 Å². The van der Waals surface area contributed by atoms with Crippen molar-refractivity contribution in [3.63, 3.8) is 0 Å². The van der Waals surface area contributed by atoms with E-state index >= 15 is 0 Å². The van der Waals surface area contributed by atoms with E-state index in [4.69, 9.17) is 10.5 Å². The minimum absolute atomic E-state index is 0.00843. The predicted octanol–water partition coefficient (Wildman–Crippen LogP) is -0.0883. The van der Waals surface area contributed by atoms with E-state index in [2.05, 4.69) is 4.74 Å². The van der Waals surface area contributed by atoms with Crippen LogP contribution < -0.4 is 5.73 Å². The summed E-state index contributed by atoms with van der Waals surface area (Å²) in [4.78, 5) is 11.1. The largest absolute Gasteiger partial charge is 0.469 e. The van der Waals surface area contributed by atoms with Gasteiger partial charge in [-0.2, -0.15) is 0 Å². The second-order valence-corrected chi connectivity index (χ2v) is 3.13. The Bertz CT molecular complexity index is 172. The summed E-state index contributed by atoms with van der Waals surface area (Å²) in [7, 11) is 3.01. The maximum absolute atomic E-state index is 11.1. The van der Waals surface area contributed by atoms with Crippen molar-refractivity contribution in [1.82, 2.24) is 0 Å². The first-order valence-corrected chi connectivity index (χ1v) is 4.05. The average molecular weight is 173 g/mol. The van der Waals surface area contributed by atoms with Crippen molar-refractivity contribution < 1.29 is 14.3 Å². The zero-order chi connectivity index (χ0) is 9.14. The maximum atomic E-state index is 11.1. The van der Waals surface area contributed by atoms with E-state index in [0.717, 1.165) is 0 Å². The highest BCUT2D eigenvalue weighted by atomic mass is 16.5. The van der Waals surface area contributed by atoms with Crippen molar-refractivity contribution in [2.45, 2.75) is 25.0 Å². The fourth-order valence-corrected chi connectivity index (χ4v) is 1.66. The van der Waals surface area contributed by atoms with Gasteiger partial charge in [-0.25, -0.2) is 0 Å². The number of ether oxygens (including phenoxy) is 2. The molecule has 0 amide bonds. The summed E-state index contributed by atoms with van der Waals surface area (Å²) in [6.45, 7) is 0. The highest BCUT2D eigenvalue weighted by Crippen LogP contribution is 2.27. The van der Waals surface area contributed by atoms with Crippen LogP contribution >= 0.6 is 0 Å². The number of methoxy groups -OCH3 is 2. The van der Waals surface area contributed by atoms with E-state index in [9.17, 15) is 4.79 Å². The number of carbonyl (C=O) groups is 1. The van der Waals surface area contributed by atoms with E-state index < -0.39 is 0 Å². The molecule has 1 aliphatic rings. The van der Waals surface area contributed by atoms with E-state index in [-0.39, 0.29) is 24.0 Å². The van der Waals surface area contributed by atoms with Crippen LogP contribution in [0.2, 0.25) is 0 Å². The lowest BCUT2D eigenvalue weighted by Gasteiger charge is -2.11. The van der Waals surface area contributed by atoms with Crippen LogP contribution in [0.1, 0.15) is 12.8 Å². The molecular formula is C8H15NO3. The van der Waals surface area contributed by atoms with Crippen LogP contribution in [0.3, 0.4) is 0 Å². The Balaban J connectivity index is 2.48. The van der Waals surface area contributed by atoms with Crippen molar-refractivity contribution in [3.05, 3.63) is 0 Å². The third kappa shape index (κ3) is 1.76. The molecule has 1 fully saturated rings. The SMILES string of the molecule is COC(=O)C1C[C@H](OC)[C@@H](N)C1. The number of hydrogen-bond donors (Lipinski definition) is 1. The molecule has 0 saturated heterocycles. The highest BCUT2D eigenvalue weighted by Gasteiger charge is 2.36. The van der Waals surface area contributed by atoms with Crippen LogP contribution in [0.4, 0.5) is 0 Å². The van der Waals surface area contributed by atoms with Crippen molar-refractivity contribution in [1.29, 1.82) is 0 Å². The van der Waals surface area contributed by atoms with Gasteiger partial charge in [-0.1, -0.05) is 0 Å². The standard InChI is InChI=1S/C8H15NO3/c1-11-7-4-5(3-6(7)9)8(10)12-2/h5-7H,3-4,9H2,1-2H3/t5?,6-,7-/m0/s1. The minimum atomic E-state index is -0.176. The Morgan fingerprint density at radius 3 is 2.50 bits per heavy atom.